The summed E-state index contributed by atoms with van der Waals surface area (Å²) in [4.78, 5) is 10.3. The lowest BCUT2D eigenvalue weighted by molar-refractivity contribution is -0.385. The molecule has 96 valence electrons. The fraction of sp³-hybridized carbons (Fsp3) is 0.462. The molecule has 1 atom stereocenters. The Labute approximate surface area is 107 Å². The van der Waals surface area contributed by atoms with Gasteiger partial charge in [-0.05, 0) is 24.5 Å². The van der Waals surface area contributed by atoms with Gasteiger partial charge >= 0.3 is 0 Å². The van der Waals surface area contributed by atoms with Crippen molar-refractivity contribution in [3.05, 3.63) is 33.9 Å². The lowest BCUT2D eigenvalue weighted by atomic mass is 9.88. The number of hydrogen-bond acceptors (Lipinski definition) is 4. The van der Waals surface area contributed by atoms with E-state index >= 15 is 0 Å². The van der Waals surface area contributed by atoms with Crippen molar-refractivity contribution in [2.45, 2.75) is 33.7 Å². The molecule has 0 amide bonds. The van der Waals surface area contributed by atoms with Crippen molar-refractivity contribution in [3.63, 3.8) is 0 Å². The normalized spacial score (nSPS) is 12.6. The van der Waals surface area contributed by atoms with E-state index in [4.69, 9.17) is 5.26 Å². The monoisotopic (exact) mass is 247 g/mol. The molecule has 0 saturated carbocycles. The maximum atomic E-state index is 10.8. The van der Waals surface area contributed by atoms with E-state index in [2.05, 4.69) is 26.1 Å². The Morgan fingerprint density at radius 1 is 1.44 bits per heavy atom. The molecule has 18 heavy (non-hydrogen) atoms. The zero-order valence-corrected chi connectivity index (χ0v) is 11.0. The maximum absolute atomic E-state index is 10.8. The highest BCUT2D eigenvalue weighted by Crippen LogP contribution is 2.26. The van der Waals surface area contributed by atoms with E-state index in [1.807, 2.05) is 13.0 Å². The third kappa shape index (κ3) is 3.20. The van der Waals surface area contributed by atoms with Gasteiger partial charge in [-0.2, -0.15) is 5.26 Å². The van der Waals surface area contributed by atoms with Crippen molar-refractivity contribution in [2.24, 2.45) is 5.41 Å². The molecule has 1 aromatic rings. The number of rotatable bonds is 3. The molecule has 0 aromatic heterocycles. The average molecular weight is 247 g/mol. The summed E-state index contributed by atoms with van der Waals surface area (Å²) in [7, 11) is 0. The van der Waals surface area contributed by atoms with Crippen LogP contribution in [0.4, 0.5) is 11.4 Å². The van der Waals surface area contributed by atoms with Crippen LogP contribution in [0.5, 0.6) is 0 Å². The standard InChI is InChI=1S/C13H17N3O2/c1-9(13(2,3)4)15-11-6-5-10(8-14)12(7-11)16(17)18/h5-7,9,15H,1-4H3. The number of anilines is 1. The molecule has 0 aliphatic rings. The Morgan fingerprint density at radius 3 is 2.50 bits per heavy atom. The van der Waals surface area contributed by atoms with Crippen LogP contribution in [0.1, 0.15) is 33.3 Å². The fourth-order valence-corrected chi connectivity index (χ4v) is 1.33. The summed E-state index contributed by atoms with van der Waals surface area (Å²) in [6.07, 6.45) is 0. The van der Waals surface area contributed by atoms with Crippen molar-refractivity contribution in [2.75, 3.05) is 5.32 Å². The Hall–Kier alpha value is -2.09. The van der Waals surface area contributed by atoms with Crippen molar-refractivity contribution in [3.8, 4) is 6.07 Å². The van der Waals surface area contributed by atoms with Gasteiger partial charge in [-0.15, -0.1) is 0 Å². The number of nitriles is 1. The molecule has 0 saturated heterocycles. The highest BCUT2D eigenvalue weighted by molar-refractivity contribution is 5.59. The summed E-state index contributed by atoms with van der Waals surface area (Å²) in [5.74, 6) is 0. The molecule has 0 bridgehead atoms. The molecule has 0 fully saturated rings. The van der Waals surface area contributed by atoms with E-state index in [1.165, 1.54) is 12.1 Å². The highest BCUT2D eigenvalue weighted by atomic mass is 16.6. The van der Waals surface area contributed by atoms with E-state index in [0.717, 1.165) is 0 Å². The van der Waals surface area contributed by atoms with E-state index in [0.29, 0.717) is 5.69 Å². The summed E-state index contributed by atoms with van der Waals surface area (Å²) in [6.45, 7) is 8.28. The van der Waals surface area contributed by atoms with Crippen LogP contribution in [-0.2, 0) is 0 Å². The van der Waals surface area contributed by atoms with Gasteiger partial charge in [-0.25, -0.2) is 0 Å². The predicted molar refractivity (Wildman–Crippen MR) is 70.4 cm³/mol. The SMILES string of the molecule is CC(Nc1ccc(C#N)c([N+](=O)[O-])c1)C(C)(C)C. The molecule has 0 heterocycles. The first-order valence-electron chi connectivity index (χ1n) is 5.71. The third-order valence-corrected chi connectivity index (χ3v) is 3.00. The number of benzene rings is 1. The van der Waals surface area contributed by atoms with Gasteiger partial charge in [0.2, 0.25) is 0 Å². The first-order valence-corrected chi connectivity index (χ1v) is 5.71. The van der Waals surface area contributed by atoms with Gasteiger partial charge < -0.3 is 5.32 Å². The number of nitro benzene ring substituents is 1. The van der Waals surface area contributed by atoms with Gasteiger partial charge in [0.25, 0.3) is 5.69 Å². The smallest absolute Gasteiger partial charge is 0.289 e. The van der Waals surface area contributed by atoms with Gasteiger partial charge in [0.15, 0.2) is 0 Å². The van der Waals surface area contributed by atoms with Crippen molar-refractivity contribution in [1.82, 2.24) is 0 Å². The molecule has 5 heteroatoms. The van der Waals surface area contributed by atoms with Gasteiger partial charge in [0.1, 0.15) is 11.6 Å². The van der Waals surface area contributed by atoms with Gasteiger partial charge in [-0.3, -0.25) is 10.1 Å². The quantitative estimate of drug-likeness (QED) is 0.656. The summed E-state index contributed by atoms with van der Waals surface area (Å²) >= 11 is 0. The third-order valence-electron chi connectivity index (χ3n) is 3.00. The Kier molecular flexibility index (Phi) is 3.92. The molecule has 1 aromatic carbocycles. The molecule has 1 unspecified atom stereocenters. The molecule has 0 radical (unpaired) electrons. The first kappa shape index (κ1) is 14.0. The summed E-state index contributed by atoms with van der Waals surface area (Å²) in [5, 5.41) is 22.9. The van der Waals surface area contributed by atoms with E-state index in [1.54, 1.807) is 6.07 Å². The fourth-order valence-electron chi connectivity index (χ4n) is 1.33. The minimum absolute atomic E-state index is 0.0443. The summed E-state index contributed by atoms with van der Waals surface area (Å²) < 4.78 is 0. The average Bonchev–Trinajstić information content (AvgIpc) is 2.27. The largest absolute Gasteiger partial charge is 0.382 e. The van der Waals surface area contributed by atoms with Crippen molar-refractivity contribution in [1.29, 1.82) is 5.26 Å². The van der Waals surface area contributed by atoms with E-state index in [9.17, 15) is 10.1 Å². The molecular weight excluding hydrogens is 230 g/mol. The molecule has 1 rings (SSSR count). The van der Waals surface area contributed by atoms with Crippen LogP contribution in [0.25, 0.3) is 0 Å². The minimum Gasteiger partial charge on any atom is -0.382 e. The lowest BCUT2D eigenvalue weighted by Crippen LogP contribution is -2.30. The van der Waals surface area contributed by atoms with E-state index < -0.39 is 4.92 Å². The van der Waals surface area contributed by atoms with Crippen LogP contribution in [0, 0.1) is 26.9 Å². The zero-order valence-electron chi connectivity index (χ0n) is 11.0. The number of nitrogens with zero attached hydrogens (tertiary/aromatic N) is 2. The van der Waals surface area contributed by atoms with Crippen molar-refractivity contribution < 1.29 is 4.92 Å². The summed E-state index contributed by atoms with van der Waals surface area (Å²) in [5.41, 5.74) is 0.614. The zero-order chi connectivity index (χ0) is 13.9. The first-order chi connectivity index (χ1) is 8.25. The second-order valence-corrected chi connectivity index (χ2v) is 5.33. The lowest BCUT2D eigenvalue weighted by Gasteiger charge is -2.28. The molecule has 1 N–H and O–H groups in total. The molecule has 0 aliphatic carbocycles. The van der Waals surface area contributed by atoms with Crippen molar-refractivity contribution >= 4 is 11.4 Å². The number of nitrogens with one attached hydrogen (secondary N) is 1. The predicted octanol–water partition coefficient (Wildman–Crippen LogP) is 3.31. The molecule has 0 aliphatic heterocycles. The van der Waals surface area contributed by atoms with Crippen LogP contribution < -0.4 is 5.32 Å². The Morgan fingerprint density at radius 2 is 2.06 bits per heavy atom. The van der Waals surface area contributed by atoms with Gasteiger partial charge in [0, 0.05) is 17.8 Å². The topological polar surface area (TPSA) is 79.0 Å². The Balaban J connectivity index is 3.04. The Bertz CT molecular complexity index is 498. The number of nitro groups is 1. The van der Waals surface area contributed by atoms with Gasteiger partial charge in [-0.1, -0.05) is 20.8 Å². The van der Waals surface area contributed by atoms with Crippen LogP contribution in [0.2, 0.25) is 0 Å². The van der Waals surface area contributed by atoms with Gasteiger partial charge in [0.05, 0.1) is 4.92 Å². The summed E-state index contributed by atoms with van der Waals surface area (Å²) in [6, 6.07) is 6.54. The molecule has 5 nitrogen and oxygen atoms in total. The second kappa shape index (κ2) is 5.05. The van der Waals surface area contributed by atoms with Crippen LogP contribution in [0.3, 0.4) is 0 Å². The number of hydrogen-bond donors (Lipinski definition) is 1. The van der Waals surface area contributed by atoms with Crippen LogP contribution >= 0.6 is 0 Å². The highest BCUT2D eigenvalue weighted by Gasteiger charge is 2.21. The molecule has 0 spiro atoms. The second-order valence-electron chi connectivity index (χ2n) is 5.33. The van der Waals surface area contributed by atoms with Crippen LogP contribution in [-0.4, -0.2) is 11.0 Å². The van der Waals surface area contributed by atoms with E-state index in [-0.39, 0.29) is 22.7 Å². The van der Waals surface area contributed by atoms with Crippen LogP contribution in [0.15, 0.2) is 18.2 Å². The maximum Gasteiger partial charge on any atom is 0.289 e. The molecular formula is C13H17N3O2. The minimum atomic E-state index is -0.536.